The maximum absolute atomic E-state index is 11.7. The predicted octanol–water partition coefficient (Wildman–Crippen LogP) is 2.52. The first kappa shape index (κ1) is 17.8. The molecule has 0 saturated heterocycles. The van der Waals surface area contributed by atoms with Gasteiger partial charge in [-0.25, -0.2) is 9.59 Å². The van der Waals surface area contributed by atoms with Crippen molar-refractivity contribution in [3.63, 3.8) is 0 Å². The third-order valence-electron chi connectivity index (χ3n) is 2.96. The molecule has 22 heavy (non-hydrogen) atoms. The van der Waals surface area contributed by atoms with Crippen LogP contribution in [0.25, 0.3) is 0 Å². The third kappa shape index (κ3) is 5.63. The van der Waals surface area contributed by atoms with E-state index in [0.29, 0.717) is 5.75 Å². The summed E-state index contributed by atoms with van der Waals surface area (Å²) in [5, 5.41) is 11.7. The average Bonchev–Trinajstić information content (AvgIpc) is 2.37. The number of ether oxygens (including phenoxy) is 2. The molecule has 0 fully saturated rings. The maximum atomic E-state index is 11.7. The van der Waals surface area contributed by atoms with E-state index in [2.05, 4.69) is 5.32 Å². The third-order valence-corrected chi connectivity index (χ3v) is 2.96. The number of aryl methyl sites for hydroxylation is 1. The molecular formula is C16H23NO5. The summed E-state index contributed by atoms with van der Waals surface area (Å²) in [5.74, 6) is -0.408. The van der Waals surface area contributed by atoms with Crippen molar-refractivity contribution in [1.29, 1.82) is 0 Å². The number of carboxylic acids is 1. The number of nitrogens with one attached hydrogen (secondary N) is 1. The van der Waals surface area contributed by atoms with E-state index in [-0.39, 0.29) is 6.42 Å². The number of carbonyl (C=O) groups excluding carboxylic acids is 1. The Morgan fingerprint density at radius 1 is 1.32 bits per heavy atom. The number of carbonyl (C=O) groups is 2. The lowest BCUT2D eigenvalue weighted by atomic mass is 10.0. The molecule has 0 radical (unpaired) electrons. The number of methoxy groups -OCH3 is 1. The largest absolute Gasteiger partial charge is 0.497 e. The molecule has 2 N–H and O–H groups in total. The molecule has 0 spiro atoms. The fourth-order valence-electron chi connectivity index (χ4n) is 1.89. The van der Waals surface area contributed by atoms with E-state index in [0.717, 1.165) is 11.1 Å². The minimum Gasteiger partial charge on any atom is -0.497 e. The summed E-state index contributed by atoms with van der Waals surface area (Å²) in [4.78, 5) is 23.1. The number of benzene rings is 1. The van der Waals surface area contributed by atoms with Crippen molar-refractivity contribution in [2.24, 2.45) is 0 Å². The number of alkyl carbamates (subject to hydrolysis) is 1. The first-order chi connectivity index (χ1) is 10.1. The van der Waals surface area contributed by atoms with Crippen molar-refractivity contribution in [3.8, 4) is 5.75 Å². The van der Waals surface area contributed by atoms with Gasteiger partial charge in [0.25, 0.3) is 0 Å². The summed E-state index contributed by atoms with van der Waals surface area (Å²) in [5.41, 5.74) is 1.05. The van der Waals surface area contributed by atoms with Gasteiger partial charge in [-0.05, 0) is 51.0 Å². The van der Waals surface area contributed by atoms with Crippen LogP contribution >= 0.6 is 0 Å². The Morgan fingerprint density at radius 3 is 2.41 bits per heavy atom. The van der Waals surface area contributed by atoms with Gasteiger partial charge in [0.15, 0.2) is 0 Å². The SMILES string of the molecule is COc1ccc(CC(NC(=O)OC(C)(C)C)C(=O)O)c(C)c1. The van der Waals surface area contributed by atoms with E-state index in [1.54, 1.807) is 40.0 Å². The molecule has 0 aliphatic heterocycles. The summed E-state index contributed by atoms with van der Waals surface area (Å²) < 4.78 is 10.2. The molecule has 0 bridgehead atoms. The Balaban J connectivity index is 2.81. The standard InChI is InChI=1S/C16H23NO5/c1-10-8-12(21-5)7-6-11(10)9-13(14(18)19)17-15(20)22-16(2,3)4/h6-8,13H,9H2,1-5H3,(H,17,20)(H,18,19). The van der Waals surface area contributed by atoms with Crippen LogP contribution in [0.5, 0.6) is 5.75 Å². The fraction of sp³-hybridized carbons (Fsp3) is 0.500. The first-order valence-corrected chi connectivity index (χ1v) is 6.98. The number of aliphatic carboxylic acids is 1. The molecule has 1 aromatic rings. The molecular weight excluding hydrogens is 286 g/mol. The zero-order valence-corrected chi connectivity index (χ0v) is 13.6. The van der Waals surface area contributed by atoms with Crippen LogP contribution in [-0.2, 0) is 16.0 Å². The van der Waals surface area contributed by atoms with Crippen molar-refractivity contribution < 1.29 is 24.2 Å². The van der Waals surface area contributed by atoms with Crippen molar-refractivity contribution in [2.75, 3.05) is 7.11 Å². The molecule has 1 unspecified atom stereocenters. The number of rotatable bonds is 5. The lowest BCUT2D eigenvalue weighted by Crippen LogP contribution is -2.44. The number of carboxylic acid groups (broad SMARTS) is 1. The molecule has 0 aliphatic rings. The second kappa shape index (κ2) is 7.15. The predicted molar refractivity (Wildman–Crippen MR) is 82.2 cm³/mol. The molecule has 0 aliphatic carbocycles. The zero-order chi connectivity index (χ0) is 16.9. The van der Waals surface area contributed by atoms with Crippen molar-refractivity contribution in [2.45, 2.75) is 45.8 Å². The maximum Gasteiger partial charge on any atom is 0.408 e. The molecule has 1 atom stereocenters. The van der Waals surface area contributed by atoms with Crippen molar-refractivity contribution in [3.05, 3.63) is 29.3 Å². The quantitative estimate of drug-likeness (QED) is 0.873. The van der Waals surface area contributed by atoms with Crippen molar-refractivity contribution in [1.82, 2.24) is 5.32 Å². The highest BCUT2D eigenvalue weighted by atomic mass is 16.6. The highest BCUT2D eigenvalue weighted by molar-refractivity contribution is 5.80. The zero-order valence-electron chi connectivity index (χ0n) is 13.6. The van der Waals surface area contributed by atoms with E-state index in [1.165, 1.54) is 0 Å². The summed E-state index contributed by atoms with van der Waals surface area (Å²) in [6.45, 7) is 7.02. The lowest BCUT2D eigenvalue weighted by molar-refractivity contribution is -0.139. The van der Waals surface area contributed by atoms with Crippen LogP contribution in [0, 0.1) is 6.92 Å². The minimum atomic E-state index is -1.11. The molecule has 1 rings (SSSR count). The van der Waals surface area contributed by atoms with Gasteiger partial charge in [-0.2, -0.15) is 0 Å². The van der Waals surface area contributed by atoms with Crippen LogP contribution in [0.1, 0.15) is 31.9 Å². The Kier molecular flexibility index (Phi) is 5.79. The highest BCUT2D eigenvalue weighted by Gasteiger charge is 2.24. The molecule has 122 valence electrons. The van der Waals surface area contributed by atoms with Gasteiger partial charge >= 0.3 is 12.1 Å². The number of hydrogen-bond acceptors (Lipinski definition) is 4. The van der Waals surface area contributed by atoms with Gasteiger partial charge in [0.2, 0.25) is 0 Å². The first-order valence-electron chi connectivity index (χ1n) is 6.98. The van der Waals surface area contributed by atoms with E-state index >= 15 is 0 Å². The van der Waals surface area contributed by atoms with Gasteiger partial charge in [-0.3, -0.25) is 0 Å². The molecule has 1 amide bonds. The summed E-state index contributed by atoms with van der Waals surface area (Å²) >= 11 is 0. The summed E-state index contributed by atoms with van der Waals surface area (Å²) in [7, 11) is 1.57. The normalized spacial score (nSPS) is 12.4. The van der Waals surface area contributed by atoms with Crippen LogP contribution in [0.3, 0.4) is 0 Å². The van der Waals surface area contributed by atoms with E-state index in [9.17, 15) is 14.7 Å². The van der Waals surface area contributed by atoms with Crippen LogP contribution in [0.4, 0.5) is 4.79 Å². The second-order valence-electron chi connectivity index (χ2n) is 6.03. The Bertz CT molecular complexity index is 548. The van der Waals surface area contributed by atoms with E-state index in [4.69, 9.17) is 9.47 Å². The molecule has 6 nitrogen and oxygen atoms in total. The van der Waals surface area contributed by atoms with Gasteiger partial charge in [-0.1, -0.05) is 6.07 Å². The molecule has 0 aromatic heterocycles. The monoisotopic (exact) mass is 309 g/mol. The van der Waals surface area contributed by atoms with Gasteiger partial charge < -0.3 is 19.9 Å². The average molecular weight is 309 g/mol. The van der Waals surface area contributed by atoms with Crippen LogP contribution in [0.2, 0.25) is 0 Å². The molecule has 1 aromatic carbocycles. The lowest BCUT2D eigenvalue weighted by Gasteiger charge is -2.22. The van der Waals surface area contributed by atoms with Gasteiger partial charge in [0.05, 0.1) is 7.11 Å². The number of hydrogen-bond donors (Lipinski definition) is 2. The molecule has 0 saturated carbocycles. The Labute approximate surface area is 130 Å². The van der Waals surface area contributed by atoms with Gasteiger partial charge in [0.1, 0.15) is 17.4 Å². The van der Waals surface area contributed by atoms with Crippen LogP contribution in [-0.4, -0.2) is 35.9 Å². The Morgan fingerprint density at radius 2 is 1.95 bits per heavy atom. The minimum absolute atomic E-state index is 0.171. The van der Waals surface area contributed by atoms with Crippen molar-refractivity contribution >= 4 is 12.1 Å². The van der Waals surface area contributed by atoms with Crippen LogP contribution in [0.15, 0.2) is 18.2 Å². The second-order valence-corrected chi connectivity index (χ2v) is 6.03. The summed E-state index contributed by atoms with van der Waals surface area (Å²) in [6.07, 6.45) is -0.573. The summed E-state index contributed by atoms with van der Waals surface area (Å²) in [6, 6.07) is 4.32. The molecule has 6 heteroatoms. The van der Waals surface area contributed by atoms with Crippen LogP contribution < -0.4 is 10.1 Å². The van der Waals surface area contributed by atoms with Gasteiger partial charge in [-0.15, -0.1) is 0 Å². The van der Waals surface area contributed by atoms with Gasteiger partial charge in [0, 0.05) is 6.42 Å². The Hall–Kier alpha value is -2.24. The number of amides is 1. The van der Waals surface area contributed by atoms with E-state index < -0.39 is 23.7 Å². The topological polar surface area (TPSA) is 84.9 Å². The van der Waals surface area contributed by atoms with E-state index in [1.807, 2.05) is 13.0 Å². The smallest absolute Gasteiger partial charge is 0.408 e. The molecule has 0 heterocycles. The highest BCUT2D eigenvalue weighted by Crippen LogP contribution is 2.18. The fourth-order valence-corrected chi connectivity index (χ4v) is 1.89.